The Balaban J connectivity index is 1.14. The first-order valence-corrected chi connectivity index (χ1v) is 19.6. The second-order valence-electron chi connectivity index (χ2n) is 13.9. The molecule has 0 bridgehead atoms. The standard InChI is InChI=1S/C43H38Cl3N7O5/c44-35-10-9-33(42(46)41(35)28-6-4-25(5-7-28)16-49-20-31-8-11-40(55)52-31)32-2-1-3-38-34(32)21-51-53(38)22-30-14-39(58-24-27-12-26(15-47)17-48-18-27)29(13-36(30)45)19-50-37(23-54)43(56)57/h1-7,9-10,12-14,17-18,21,31,37,49-50,54H,8,11,16,19-20,22-24H2,(H,52,55)(H,56,57)/t31-,37-/m0/s1. The molecule has 2 atom stereocenters. The molecule has 1 saturated heterocycles. The first-order chi connectivity index (χ1) is 28.1. The molecule has 6 aromatic rings. The largest absolute Gasteiger partial charge is 0.489 e. The molecule has 0 spiro atoms. The van der Waals surface area contributed by atoms with Gasteiger partial charge in [-0.3, -0.25) is 24.6 Å². The average Bonchev–Trinajstić information content (AvgIpc) is 3.84. The number of benzene rings is 4. The monoisotopic (exact) mass is 837 g/mol. The van der Waals surface area contributed by atoms with Gasteiger partial charge in [0.05, 0.1) is 35.5 Å². The van der Waals surface area contributed by atoms with Crippen molar-refractivity contribution in [3.63, 3.8) is 0 Å². The maximum atomic E-state index is 11.6. The molecule has 1 fully saturated rings. The van der Waals surface area contributed by atoms with Crippen molar-refractivity contribution < 1.29 is 24.5 Å². The third-order valence-corrected chi connectivity index (χ3v) is 11.1. The molecule has 2 aromatic heterocycles. The Bertz CT molecular complexity index is 2520. The van der Waals surface area contributed by atoms with Gasteiger partial charge in [-0.15, -0.1) is 0 Å². The molecule has 296 valence electrons. The number of aromatic nitrogens is 3. The highest BCUT2D eigenvalue weighted by Crippen LogP contribution is 2.43. The van der Waals surface area contributed by atoms with Gasteiger partial charge in [-0.1, -0.05) is 77.3 Å². The second kappa shape index (κ2) is 18.4. The third-order valence-electron chi connectivity index (χ3n) is 10.0. The van der Waals surface area contributed by atoms with Crippen LogP contribution in [-0.2, 0) is 35.8 Å². The number of halogens is 3. The number of aliphatic hydroxyl groups is 1. The van der Waals surface area contributed by atoms with Crippen LogP contribution >= 0.6 is 34.8 Å². The summed E-state index contributed by atoms with van der Waals surface area (Å²) in [5.41, 5.74) is 7.49. The van der Waals surface area contributed by atoms with Crippen molar-refractivity contribution in [2.45, 2.75) is 51.2 Å². The summed E-state index contributed by atoms with van der Waals surface area (Å²) in [6.45, 7) is 1.17. The van der Waals surface area contributed by atoms with Gasteiger partial charge in [-0.2, -0.15) is 10.4 Å². The number of ether oxygens (including phenoxy) is 1. The van der Waals surface area contributed by atoms with Crippen LogP contribution in [-0.4, -0.2) is 62.1 Å². The fourth-order valence-electron chi connectivity index (χ4n) is 6.94. The molecule has 0 unspecified atom stereocenters. The molecule has 1 aliphatic rings. The maximum Gasteiger partial charge on any atom is 0.323 e. The Labute approximate surface area is 349 Å². The number of carboxylic acids is 1. The molecule has 0 aliphatic carbocycles. The highest BCUT2D eigenvalue weighted by atomic mass is 35.5. The quantitative estimate of drug-likeness (QED) is 0.0675. The minimum Gasteiger partial charge on any atom is -0.489 e. The van der Waals surface area contributed by atoms with Crippen LogP contribution < -0.4 is 20.7 Å². The van der Waals surface area contributed by atoms with Crippen molar-refractivity contribution in [1.82, 2.24) is 30.7 Å². The van der Waals surface area contributed by atoms with Gasteiger partial charge >= 0.3 is 5.97 Å². The number of carbonyl (C=O) groups excluding carboxylic acids is 1. The van der Waals surface area contributed by atoms with Crippen molar-refractivity contribution in [2.24, 2.45) is 0 Å². The van der Waals surface area contributed by atoms with Crippen LogP contribution in [0.4, 0.5) is 0 Å². The molecular weight excluding hydrogens is 801 g/mol. The van der Waals surface area contributed by atoms with E-state index in [4.69, 9.17) is 44.6 Å². The fraction of sp³-hybridized carbons (Fsp3) is 0.233. The van der Waals surface area contributed by atoms with Crippen LogP contribution in [0.15, 0.2) is 91.4 Å². The lowest BCUT2D eigenvalue weighted by Gasteiger charge is -2.18. The second-order valence-corrected chi connectivity index (χ2v) is 15.1. The lowest BCUT2D eigenvalue weighted by atomic mass is 9.96. The fourth-order valence-corrected chi connectivity index (χ4v) is 7.88. The van der Waals surface area contributed by atoms with Crippen LogP contribution in [0, 0.1) is 11.3 Å². The van der Waals surface area contributed by atoms with Crippen LogP contribution in [0.25, 0.3) is 33.2 Å². The predicted octanol–water partition coefficient (Wildman–Crippen LogP) is 7.13. The summed E-state index contributed by atoms with van der Waals surface area (Å²) >= 11 is 20.8. The van der Waals surface area contributed by atoms with E-state index in [1.807, 2.05) is 59.3 Å². The van der Waals surface area contributed by atoms with E-state index in [-0.39, 0.29) is 31.6 Å². The molecule has 4 aromatic carbocycles. The SMILES string of the molecule is N#Cc1cncc(COc2cc(Cn3ncc4c(-c5ccc(Cl)c(-c6ccc(CNC[C@@H]7CCC(=O)N7)cc6)c5Cl)cccc43)c(Cl)cc2CN[C@@H](CO)C(=O)O)c1. The Morgan fingerprint density at radius 3 is 2.55 bits per heavy atom. The van der Waals surface area contributed by atoms with Crippen molar-refractivity contribution >= 4 is 57.6 Å². The molecule has 12 nitrogen and oxygen atoms in total. The predicted molar refractivity (Wildman–Crippen MR) is 223 cm³/mol. The number of pyridine rings is 1. The summed E-state index contributed by atoms with van der Waals surface area (Å²) in [6, 6.07) is 23.9. The normalized spacial score (nSPS) is 14.3. The first-order valence-electron chi connectivity index (χ1n) is 18.5. The Morgan fingerprint density at radius 2 is 1.81 bits per heavy atom. The van der Waals surface area contributed by atoms with E-state index >= 15 is 0 Å². The number of aliphatic hydroxyl groups excluding tert-OH is 1. The van der Waals surface area contributed by atoms with E-state index in [2.05, 4.69) is 27.0 Å². The van der Waals surface area contributed by atoms with E-state index in [9.17, 15) is 25.1 Å². The molecule has 1 aliphatic heterocycles. The number of rotatable bonds is 16. The van der Waals surface area contributed by atoms with Crippen LogP contribution in [0.2, 0.25) is 15.1 Å². The third kappa shape index (κ3) is 9.27. The molecule has 7 rings (SSSR count). The average molecular weight is 839 g/mol. The first kappa shape index (κ1) is 40.7. The molecule has 5 N–H and O–H groups in total. The topological polar surface area (TPSA) is 174 Å². The summed E-state index contributed by atoms with van der Waals surface area (Å²) in [6.07, 6.45) is 6.26. The summed E-state index contributed by atoms with van der Waals surface area (Å²) in [5, 5.41) is 44.6. The number of fused-ring (bicyclic) bond motifs is 1. The van der Waals surface area contributed by atoms with E-state index in [1.54, 1.807) is 30.6 Å². The van der Waals surface area contributed by atoms with Crippen LogP contribution in [0.3, 0.4) is 0 Å². The number of nitriles is 1. The van der Waals surface area contributed by atoms with Gasteiger partial charge in [0.2, 0.25) is 5.91 Å². The highest BCUT2D eigenvalue weighted by Gasteiger charge is 2.22. The smallest absolute Gasteiger partial charge is 0.323 e. The van der Waals surface area contributed by atoms with Crippen LogP contribution in [0.1, 0.15) is 40.7 Å². The van der Waals surface area contributed by atoms with E-state index in [1.165, 1.54) is 6.20 Å². The van der Waals surface area contributed by atoms with Crippen molar-refractivity contribution in [2.75, 3.05) is 13.2 Å². The minimum atomic E-state index is -1.19. The lowest BCUT2D eigenvalue weighted by molar-refractivity contribution is -0.140. The highest BCUT2D eigenvalue weighted by molar-refractivity contribution is 6.41. The molecule has 15 heteroatoms. The van der Waals surface area contributed by atoms with Gasteiger partial charge in [0.1, 0.15) is 24.5 Å². The van der Waals surface area contributed by atoms with Gasteiger partial charge in [-0.25, -0.2) is 0 Å². The van der Waals surface area contributed by atoms with E-state index in [0.717, 1.165) is 45.1 Å². The number of aliphatic carboxylic acids is 1. The Morgan fingerprint density at radius 1 is 0.983 bits per heavy atom. The number of amides is 1. The molecule has 1 amide bonds. The van der Waals surface area contributed by atoms with Gasteiger partial charge < -0.3 is 25.6 Å². The minimum absolute atomic E-state index is 0.0466. The number of carboxylic acid groups (broad SMARTS) is 1. The molecular formula is C43H38Cl3N7O5. The Hall–Kier alpha value is -5.52. The maximum absolute atomic E-state index is 11.6. The molecule has 0 radical (unpaired) electrons. The zero-order chi connectivity index (χ0) is 40.8. The zero-order valence-corrected chi connectivity index (χ0v) is 33.3. The number of hydrogen-bond donors (Lipinski definition) is 5. The summed E-state index contributed by atoms with van der Waals surface area (Å²) in [5.74, 6) is -0.665. The van der Waals surface area contributed by atoms with Crippen molar-refractivity contribution in [3.8, 4) is 34.1 Å². The summed E-state index contributed by atoms with van der Waals surface area (Å²) < 4.78 is 8.04. The lowest BCUT2D eigenvalue weighted by Crippen LogP contribution is -2.39. The number of hydrogen-bond acceptors (Lipinski definition) is 9. The molecule has 58 heavy (non-hydrogen) atoms. The van der Waals surface area contributed by atoms with Crippen molar-refractivity contribution in [1.29, 1.82) is 5.26 Å². The number of carbonyl (C=O) groups is 2. The van der Waals surface area contributed by atoms with E-state index < -0.39 is 18.6 Å². The van der Waals surface area contributed by atoms with Crippen LogP contribution in [0.5, 0.6) is 5.75 Å². The molecule has 0 saturated carbocycles. The number of nitrogens with one attached hydrogen (secondary N) is 3. The van der Waals surface area contributed by atoms with Gasteiger partial charge in [0.25, 0.3) is 0 Å². The number of nitrogens with zero attached hydrogens (tertiary/aromatic N) is 4. The van der Waals surface area contributed by atoms with Gasteiger partial charge in [0.15, 0.2) is 0 Å². The van der Waals surface area contributed by atoms with Gasteiger partial charge in [-0.05, 0) is 59.0 Å². The Kier molecular flexibility index (Phi) is 12.9. The zero-order valence-electron chi connectivity index (χ0n) is 31.0. The summed E-state index contributed by atoms with van der Waals surface area (Å²) in [4.78, 5) is 27.2. The van der Waals surface area contributed by atoms with Gasteiger partial charge in [0, 0.05) is 82.2 Å². The molecule has 3 heterocycles. The van der Waals surface area contributed by atoms with Crippen molar-refractivity contribution in [3.05, 3.63) is 134 Å². The summed E-state index contributed by atoms with van der Waals surface area (Å²) in [7, 11) is 0. The van der Waals surface area contributed by atoms with E-state index in [0.29, 0.717) is 62.6 Å².